The van der Waals surface area contributed by atoms with Gasteiger partial charge in [0.1, 0.15) is 18.2 Å². The minimum absolute atomic E-state index is 0.0250. The number of aromatic nitrogens is 6. The third kappa shape index (κ3) is 4.05. The molecule has 0 atom stereocenters. The van der Waals surface area contributed by atoms with Crippen LogP contribution in [0.4, 0.5) is 8.78 Å². The van der Waals surface area contributed by atoms with Gasteiger partial charge < -0.3 is 4.52 Å². The number of tetrazole rings is 1. The molecule has 7 nitrogen and oxygen atoms in total. The number of hydrogen-bond donors (Lipinski definition) is 0. The van der Waals surface area contributed by atoms with E-state index in [0.717, 1.165) is 22.2 Å². The van der Waals surface area contributed by atoms with Crippen molar-refractivity contribution in [3.8, 4) is 11.5 Å². The molecule has 27 heavy (non-hydrogen) atoms. The summed E-state index contributed by atoms with van der Waals surface area (Å²) in [6.45, 7) is 0.109. The molecule has 2 aromatic heterocycles. The molecule has 0 spiro atoms. The van der Waals surface area contributed by atoms with Crippen LogP contribution in [0, 0.1) is 11.6 Å². The lowest BCUT2D eigenvalue weighted by Gasteiger charge is -1.97. The monoisotopic (exact) mass is 432 g/mol. The minimum atomic E-state index is -0.777. The minimum Gasteiger partial charge on any atom is -0.334 e. The van der Waals surface area contributed by atoms with Crippen molar-refractivity contribution in [3.05, 3.63) is 75.8 Å². The normalized spacial score (nSPS) is 11.1. The van der Waals surface area contributed by atoms with Crippen LogP contribution in [-0.2, 0) is 13.0 Å². The van der Waals surface area contributed by atoms with Crippen LogP contribution in [0.1, 0.15) is 17.2 Å². The van der Waals surface area contributed by atoms with Gasteiger partial charge in [0.05, 0.1) is 5.56 Å². The summed E-state index contributed by atoms with van der Waals surface area (Å²) in [6, 6.07) is 10.9. The van der Waals surface area contributed by atoms with Crippen LogP contribution in [0.3, 0.4) is 0 Å². The smallest absolute Gasteiger partial charge is 0.260 e. The SMILES string of the molecule is Fc1ccc(-c2nc(Cn3nnc(Cc4cccc(Br)c4)n3)no2)c(F)c1. The number of hydrogen-bond acceptors (Lipinski definition) is 6. The largest absolute Gasteiger partial charge is 0.334 e. The Bertz CT molecular complexity index is 1100. The van der Waals surface area contributed by atoms with E-state index in [2.05, 4.69) is 41.5 Å². The van der Waals surface area contributed by atoms with Crippen molar-refractivity contribution in [3.63, 3.8) is 0 Å². The number of halogens is 3. The molecule has 10 heteroatoms. The van der Waals surface area contributed by atoms with Gasteiger partial charge in [0.15, 0.2) is 11.6 Å². The topological polar surface area (TPSA) is 82.5 Å². The van der Waals surface area contributed by atoms with Crippen molar-refractivity contribution in [2.75, 3.05) is 0 Å². The zero-order valence-electron chi connectivity index (χ0n) is 13.7. The molecular weight excluding hydrogens is 422 g/mol. The lowest BCUT2D eigenvalue weighted by atomic mass is 10.1. The first-order valence-corrected chi connectivity index (χ1v) is 8.65. The van der Waals surface area contributed by atoms with E-state index < -0.39 is 11.6 Å². The van der Waals surface area contributed by atoms with Crippen molar-refractivity contribution < 1.29 is 13.3 Å². The Morgan fingerprint density at radius 1 is 1.07 bits per heavy atom. The van der Waals surface area contributed by atoms with Crippen molar-refractivity contribution in [1.29, 1.82) is 0 Å². The van der Waals surface area contributed by atoms with Gasteiger partial charge in [0, 0.05) is 17.0 Å². The predicted molar refractivity (Wildman–Crippen MR) is 93.5 cm³/mol. The van der Waals surface area contributed by atoms with Crippen LogP contribution in [0.5, 0.6) is 0 Å². The van der Waals surface area contributed by atoms with Gasteiger partial charge in [0.2, 0.25) is 0 Å². The van der Waals surface area contributed by atoms with Crippen LogP contribution in [-0.4, -0.2) is 30.3 Å². The van der Waals surface area contributed by atoms with Gasteiger partial charge in [-0.2, -0.15) is 9.78 Å². The summed E-state index contributed by atoms with van der Waals surface area (Å²) < 4.78 is 32.8. The first kappa shape index (κ1) is 17.4. The first-order chi connectivity index (χ1) is 13.1. The number of benzene rings is 2. The van der Waals surface area contributed by atoms with E-state index >= 15 is 0 Å². The van der Waals surface area contributed by atoms with Crippen LogP contribution in [0.25, 0.3) is 11.5 Å². The van der Waals surface area contributed by atoms with Gasteiger partial charge in [-0.15, -0.1) is 10.2 Å². The zero-order valence-corrected chi connectivity index (χ0v) is 15.3. The molecule has 0 aliphatic carbocycles. The quantitative estimate of drug-likeness (QED) is 0.480. The van der Waals surface area contributed by atoms with Crippen molar-refractivity contribution in [2.24, 2.45) is 0 Å². The Morgan fingerprint density at radius 3 is 2.78 bits per heavy atom. The lowest BCUT2D eigenvalue weighted by molar-refractivity contribution is 0.412. The summed E-state index contributed by atoms with van der Waals surface area (Å²) in [7, 11) is 0. The molecule has 2 aromatic carbocycles. The highest BCUT2D eigenvalue weighted by molar-refractivity contribution is 9.10. The maximum Gasteiger partial charge on any atom is 0.260 e. The maximum atomic E-state index is 13.8. The van der Waals surface area contributed by atoms with E-state index in [-0.39, 0.29) is 23.8 Å². The molecule has 0 unspecified atom stereocenters. The Labute approximate surface area is 160 Å². The highest BCUT2D eigenvalue weighted by atomic mass is 79.9. The van der Waals surface area contributed by atoms with Gasteiger partial charge in [-0.1, -0.05) is 33.2 Å². The summed E-state index contributed by atoms with van der Waals surface area (Å²) >= 11 is 3.42. The van der Waals surface area contributed by atoms with E-state index in [1.807, 2.05) is 24.3 Å². The fourth-order valence-electron chi connectivity index (χ4n) is 2.46. The summed E-state index contributed by atoms with van der Waals surface area (Å²) in [6.07, 6.45) is 0.526. The second-order valence-corrected chi connectivity index (χ2v) is 6.60. The molecule has 136 valence electrons. The van der Waals surface area contributed by atoms with Gasteiger partial charge in [-0.05, 0) is 35.0 Å². The van der Waals surface area contributed by atoms with E-state index in [1.165, 1.54) is 10.9 Å². The van der Waals surface area contributed by atoms with E-state index in [0.29, 0.717) is 12.2 Å². The fraction of sp³-hybridized carbons (Fsp3) is 0.118. The van der Waals surface area contributed by atoms with Crippen molar-refractivity contribution >= 4 is 15.9 Å². The summed E-state index contributed by atoms with van der Waals surface area (Å²) in [5, 5.41) is 16.0. The number of nitrogens with zero attached hydrogens (tertiary/aromatic N) is 6. The second-order valence-electron chi connectivity index (χ2n) is 5.68. The molecule has 4 aromatic rings. The Kier molecular flexibility index (Phi) is 4.71. The molecule has 0 N–H and O–H groups in total. The molecule has 2 heterocycles. The molecule has 0 amide bonds. The molecule has 0 saturated carbocycles. The van der Waals surface area contributed by atoms with Gasteiger partial charge in [-0.3, -0.25) is 0 Å². The summed E-state index contributed by atoms with van der Waals surface area (Å²) in [5.41, 5.74) is 1.06. The predicted octanol–water partition coefficient (Wildman–Crippen LogP) is 3.40. The molecule has 0 aliphatic heterocycles. The average Bonchev–Trinajstić information content (AvgIpc) is 3.25. The summed E-state index contributed by atoms with van der Waals surface area (Å²) in [5.74, 6) is -0.709. The molecule has 0 bridgehead atoms. The third-order valence-corrected chi connectivity index (χ3v) is 4.15. The maximum absolute atomic E-state index is 13.8. The molecule has 0 radical (unpaired) electrons. The van der Waals surface area contributed by atoms with Gasteiger partial charge in [-0.25, -0.2) is 8.78 Å². The van der Waals surface area contributed by atoms with Gasteiger partial charge in [0.25, 0.3) is 5.89 Å². The first-order valence-electron chi connectivity index (χ1n) is 7.86. The molecule has 0 fully saturated rings. The molecule has 0 saturated heterocycles. The van der Waals surface area contributed by atoms with Crippen molar-refractivity contribution in [1.82, 2.24) is 30.3 Å². The fourth-order valence-corrected chi connectivity index (χ4v) is 2.91. The van der Waals surface area contributed by atoms with Crippen molar-refractivity contribution in [2.45, 2.75) is 13.0 Å². The standard InChI is InChI=1S/C17H11BrF2N6O/c18-11-3-1-2-10(6-11)7-15-22-25-26(23-15)9-16-21-17(27-24-16)13-5-4-12(19)8-14(13)20/h1-6,8H,7,9H2. The van der Waals surface area contributed by atoms with Crippen LogP contribution in [0.2, 0.25) is 0 Å². The Hall–Kier alpha value is -3.01. The summed E-state index contributed by atoms with van der Waals surface area (Å²) in [4.78, 5) is 5.42. The Morgan fingerprint density at radius 2 is 1.96 bits per heavy atom. The van der Waals surface area contributed by atoms with Crippen LogP contribution >= 0.6 is 15.9 Å². The molecule has 0 aliphatic rings. The zero-order chi connectivity index (χ0) is 18.8. The van der Waals surface area contributed by atoms with Crippen LogP contribution < -0.4 is 0 Å². The van der Waals surface area contributed by atoms with E-state index in [9.17, 15) is 8.78 Å². The highest BCUT2D eigenvalue weighted by Gasteiger charge is 2.15. The van der Waals surface area contributed by atoms with E-state index in [1.54, 1.807) is 0 Å². The highest BCUT2D eigenvalue weighted by Crippen LogP contribution is 2.21. The lowest BCUT2D eigenvalue weighted by Crippen LogP contribution is -2.06. The third-order valence-electron chi connectivity index (χ3n) is 3.66. The molecular formula is C17H11BrF2N6O. The van der Waals surface area contributed by atoms with Gasteiger partial charge >= 0.3 is 0 Å². The van der Waals surface area contributed by atoms with E-state index in [4.69, 9.17) is 4.52 Å². The number of rotatable bonds is 5. The second kappa shape index (κ2) is 7.31. The van der Waals surface area contributed by atoms with Crippen LogP contribution in [0.15, 0.2) is 51.5 Å². The molecule has 4 rings (SSSR count). The average molecular weight is 433 g/mol. The Balaban J connectivity index is 1.47.